The molecule has 0 aliphatic carbocycles. The minimum atomic E-state index is -1.96. The van der Waals surface area contributed by atoms with Crippen LogP contribution in [-0.2, 0) is 12.2 Å². The van der Waals surface area contributed by atoms with Gasteiger partial charge in [-0.2, -0.15) is 5.26 Å². The van der Waals surface area contributed by atoms with E-state index >= 15 is 4.39 Å². The van der Waals surface area contributed by atoms with Gasteiger partial charge >= 0.3 is 5.69 Å². The minimum absolute atomic E-state index is 0.0188. The van der Waals surface area contributed by atoms with E-state index in [1.807, 2.05) is 6.07 Å². The van der Waals surface area contributed by atoms with Crippen LogP contribution in [0.1, 0.15) is 5.82 Å². The van der Waals surface area contributed by atoms with E-state index in [9.17, 15) is 19.2 Å². The molecule has 1 aliphatic rings. The number of pyridine rings is 1. The van der Waals surface area contributed by atoms with Crippen molar-refractivity contribution in [2.24, 2.45) is 0 Å². The molecule has 0 atom stereocenters. The van der Waals surface area contributed by atoms with Crippen LogP contribution in [-0.4, -0.2) is 37.2 Å². The van der Waals surface area contributed by atoms with Crippen molar-refractivity contribution < 1.29 is 8.78 Å². The number of hydrogen-bond acceptors (Lipinski definition) is 7. The molecule has 1 aliphatic heterocycles. The van der Waals surface area contributed by atoms with E-state index in [0.717, 1.165) is 15.2 Å². The Bertz CT molecular complexity index is 1680. The highest BCUT2D eigenvalue weighted by Gasteiger charge is 2.49. The van der Waals surface area contributed by atoms with E-state index in [1.165, 1.54) is 47.9 Å². The smallest absolute Gasteiger partial charge is 0.338 e. The van der Waals surface area contributed by atoms with Crippen LogP contribution in [0, 0.1) is 17.1 Å². The van der Waals surface area contributed by atoms with Crippen LogP contribution < -0.4 is 16.1 Å². The monoisotopic (exact) mass is 541 g/mol. The Morgan fingerprint density at radius 1 is 1.11 bits per heavy atom. The molecule has 4 heterocycles. The van der Waals surface area contributed by atoms with Crippen LogP contribution in [0.3, 0.4) is 0 Å². The number of rotatable bonds is 5. The van der Waals surface area contributed by atoms with E-state index in [0.29, 0.717) is 0 Å². The summed E-state index contributed by atoms with van der Waals surface area (Å²) in [6.45, 7) is -1.07. The molecular weight excluding hydrogens is 527 g/mol. The molecule has 0 radical (unpaired) electrons. The van der Waals surface area contributed by atoms with Gasteiger partial charge in [-0.1, -0.05) is 29.3 Å². The second kappa shape index (κ2) is 9.38. The van der Waals surface area contributed by atoms with E-state index in [2.05, 4.69) is 15.0 Å². The summed E-state index contributed by atoms with van der Waals surface area (Å²) in [5.41, 5.74) is -3.51. The number of nitriles is 1. The zero-order valence-corrected chi connectivity index (χ0v) is 20.3. The highest BCUT2D eigenvalue weighted by atomic mass is 35.5. The first-order valence-corrected chi connectivity index (χ1v) is 11.5. The van der Waals surface area contributed by atoms with Crippen LogP contribution in [0.25, 0.3) is 16.8 Å². The Balaban J connectivity index is 1.78. The van der Waals surface area contributed by atoms with Crippen molar-refractivity contribution in [2.45, 2.75) is 12.2 Å². The summed E-state index contributed by atoms with van der Waals surface area (Å²) in [7, 11) is 0. The van der Waals surface area contributed by atoms with Gasteiger partial charge in [-0.25, -0.2) is 28.1 Å². The summed E-state index contributed by atoms with van der Waals surface area (Å²) in [4.78, 5) is 40.8. The van der Waals surface area contributed by atoms with E-state index in [-0.39, 0.29) is 51.6 Å². The predicted octanol–water partition coefficient (Wildman–Crippen LogP) is 3.51. The first kappa shape index (κ1) is 24.5. The molecule has 1 fully saturated rings. The topological polar surface area (TPSA) is 110 Å². The second-order valence-electron chi connectivity index (χ2n) is 8.25. The zero-order valence-electron chi connectivity index (χ0n) is 18.8. The SMILES string of the molecule is N#CCn1c(N2CC(F)(c3ncccn3)C2)c(-c2ccc(F)c(Cl)c2)c(=O)n(-c2cncc(Cl)c2)c1=O. The number of aromatic nitrogens is 5. The van der Waals surface area contributed by atoms with Crippen molar-refractivity contribution in [3.63, 3.8) is 0 Å². The summed E-state index contributed by atoms with van der Waals surface area (Å²) in [5.74, 6) is -0.788. The number of alkyl halides is 1. The largest absolute Gasteiger partial charge is 0.350 e. The number of nitrogens with zero attached hydrogens (tertiary/aromatic N) is 7. The van der Waals surface area contributed by atoms with Crippen molar-refractivity contribution in [3.8, 4) is 22.9 Å². The average molecular weight is 542 g/mol. The summed E-state index contributed by atoms with van der Waals surface area (Å²) in [6, 6.07) is 8.42. The number of benzene rings is 1. The lowest BCUT2D eigenvalue weighted by atomic mass is 9.93. The van der Waals surface area contributed by atoms with Crippen LogP contribution in [0.4, 0.5) is 14.6 Å². The van der Waals surface area contributed by atoms with Gasteiger partial charge in [0.2, 0.25) is 5.67 Å². The third-order valence-electron chi connectivity index (χ3n) is 5.85. The molecule has 0 N–H and O–H groups in total. The molecule has 3 aromatic heterocycles. The molecular formula is C24H15Cl2F2N7O2. The fraction of sp³-hybridized carbons (Fsp3) is 0.167. The predicted molar refractivity (Wildman–Crippen MR) is 132 cm³/mol. The Hall–Kier alpha value is -4.14. The normalized spacial score (nSPS) is 14.2. The van der Waals surface area contributed by atoms with Gasteiger partial charge in [0.1, 0.15) is 18.2 Å². The van der Waals surface area contributed by atoms with Crippen molar-refractivity contribution in [2.75, 3.05) is 18.0 Å². The maximum Gasteiger partial charge on any atom is 0.338 e. The van der Waals surface area contributed by atoms with Gasteiger partial charge < -0.3 is 4.90 Å². The van der Waals surface area contributed by atoms with E-state index < -0.39 is 29.3 Å². The molecule has 0 spiro atoms. The van der Waals surface area contributed by atoms with Gasteiger partial charge in [-0.3, -0.25) is 14.3 Å². The maximum absolute atomic E-state index is 15.6. The maximum atomic E-state index is 15.6. The number of hydrogen-bond donors (Lipinski definition) is 0. The quantitative estimate of drug-likeness (QED) is 0.380. The van der Waals surface area contributed by atoms with Gasteiger partial charge in [0, 0.05) is 18.6 Å². The van der Waals surface area contributed by atoms with Gasteiger partial charge in [-0.05, 0) is 29.8 Å². The van der Waals surface area contributed by atoms with E-state index in [1.54, 1.807) is 6.07 Å². The summed E-state index contributed by atoms with van der Waals surface area (Å²) >= 11 is 12.0. The first-order chi connectivity index (χ1) is 17.7. The lowest BCUT2D eigenvalue weighted by Gasteiger charge is -2.45. The second-order valence-corrected chi connectivity index (χ2v) is 9.09. The highest BCUT2D eigenvalue weighted by Crippen LogP contribution is 2.40. The molecule has 4 aromatic rings. The molecule has 186 valence electrons. The fourth-order valence-electron chi connectivity index (χ4n) is 4.22. The van der Waals surface area contributed by atoms with Gasteiger partial charge in [-0.15, -0.1) is 0 Å². The van der Waals surface area contributed by atoms with Gasteiger partial charge in [0.05, 0.1) is 46.7 Å². The van der Waals surface area contributed by atoms with Crippen LogP contribution in [0.5, 0.6) is 0 Å². The number of halogens is 4. The van der Waals surface area contributed by atoms with Gasteiger partial charge in [0.25, 0.3) is 5.56 Å². The third-order valence-corrected chi connectivity index (χ3v) is 6.35. The van der Waals surface area contributed by atoms with Crippen LogP contribution in [0.2, 0.25) is 10.0 Å². The summed E-state index contributed by atoms with van der Waals surface area (Å²) < 4.78 is 31.5. The minimum Gasteiger partial charge on any atom is -0.350 e. The molecule has 9 nitrogen and oxygen atoms in total. The summed E-state index contributed by atoms with van der Waals surface area (Å²) in [5, 5.41) is 9.42. The molecule has 5 rings (SSSR count). The van der Waals surface area contributed by atoms with Crippen LogP contribution in [0.15, 0.2) is 64.7 Å². The Kier molecular flexibility index (Phi) is 6.23. The molecule has 1 saturated heterocycles. The number of anilines is 1. The average Bonchev–Trinajstić information content (AvgIpc) is 2.86. The Morgan fingerprint density at radius 2 is 1.84 bits per heavy atom. The Labute approximate surface area is 217 Å². The Morgan fingerprint density at radius 3 is 2.49 bits per heavy atom. The standard InChI is InChI=1S/C24H15Cl2F2N7O2/c25-15-9-16(11-30-10-15)35-21(36)19(14-2-3-18(27)17(26)8-14)20(34(7-4-29)23(35)37)33-12-24(28,13-33)22-31-5-1-6-32-22/h1-3,5-6,8-11H,7,12-13H2. The van der Waals surface area contributed by atoms with Crippen molar-refractivity contribution in [3.05, 3.63) is 97.6 Å². The molecule has 0 amide bonds. The highest BCUT2D eigenvalue weighted by molar-refractivity contribution is 6.31. The lowest BCUT2D eigenvalue weighted by Crippen LogP contribution is -2.60. The van der Waals surface area contributed by atoms with E-state index in [4.69, 9.17) is 23.2 Å². The fourth-order valence-corrected chi connectivity index (χ4v) is 4.57. The molecule has 13 heteroatoms. The van der Waals surface area contributed by atoms with Crippen molar-refractivity contribution in [1.82, 2.24) is 24.1 Å². The molecule has 37 heavy (non-hydrogen) atoms. The third kappa shape index (κ3) is 4.24. The zero-order chi connectivity index (χ0) is 26.3. The van der Waals surface area contributed by atoms with Gasteiger partial charge in [0.15, 0.2) is 5.82 Å². The first-order valence-electron chi connectivity index (χ1n) is 10.8. The molecule has 1 aromatic carbocycles. The van der Waals surface area contributed by atoms with Crippen molar-refractivity contribution in [1.29, 1.82) is 5.26 Å². The molecule has 0 unspecified atom stereocenters. The lowest BCUT2D eigenvalue weighted by molar-refractivity contribution is 0.107. The molecule has 0 saturated carbocycles. The summed E-state index contributed by atoms with van der Waals surface area (Å²) in [6.07, 6.45) is 5.40. The molecule has 0 bridgehead atoms. The van der Waals surface area contributed by atoms with Crippen molar-refractivity contribution >= 4 is 29.0 Å². The van der Waals surface area contributed by atoms with Crippen LogP contribution >= 0.6 is 23.2 Å².